The average molecular weight is 410 g/mol. The zero-order valence-corrected chi connectivity index (χ0v) is 18.2. The summed E-state index contributed by atoms with van der Waals surface area (Å²) in [5, 5.41) is 0. The first-order valence-corrected chi connectivity index (χ1v) is 10.2. The monoisotopic (exact) mass is 409 g/mol. The number of ether oxygens (including phenoxy) is 1. The van der Waals surface area contributed by atoms with Crippen LogP contribution in [0.3, 0.4) is 0 Å². The number of anilines is 3. The highest BCUT2D eigenvalue weighted by Crippen LogP contribution is 2.34. The first-order valence-electron chi connectivity index (χ1n) is 10.2. The molecule has 0 atom stereocenters. The maximum atomic E-state index is 10.9. The van der Waals surface area contributed by atoms with Gasteiger partial charge >= 0.3 is 0 Å². The number of carbonyl (C=O) groups is 1. The van der Waals surface area contributed by atoms with E-state index in [1.807, 2.05) is 66.7 Å². The molecule has 0 fully saturated rings. The lowest BCUT2D eigenvalue weighted by molar-refractivity contribution is 0.112. The van der Waals surface area contributed by atoms with E-state index in [1.165, 1.54) is 11.1 Å². The van der Waals surface area contributed by atoms with Crippen molar-refractivity contribution in [2.75, 3.05) is 12.0 Å². The van der Waals surface area contributed by atoms with Crippen LogP contribution in [0.15, 0.2) is 103 Å². The topological polar surface area (TPSA) is 29.5 Å². The van der Waals surface area contributed by atoms with Crippen molar-refractivity contribution >= 4 is 23.3 Å². The predicted octanol–water partition coefficient (Wildman–Crippen LogP) is 7.28. The van der Waals surface area contributed by atoms with Crippen LogP contribution in [0.2, 0.25) is 0 Å². The molecule has 0 aliphatic carbocycles. The molecule has 0 aliphatic rings. The van der Waals surface area contributed by atoms with Crippen molar-refractivity contribution in [2.24, 2.45) is 0 Å². The summed E-state index contributed by atoms with van der Waals surface area (Å²) in [4.78, 5) is 13.0. The second-order valence-electron chi connectivity index (χ2n) is 7.23. The molecule has 0 heterocycles. The Morgan fingerprint density at radius 3 is 1.52 bits per heavy atom. The van der Waals surface area contributed by atoms with Gasteiger partial charge in [-0.25, -0.2) is 0 Å². The minimum Gasteiger partial charge on any atom is -0.497 e. The number of para-hydroxylation sites is 1. The fourth-order valence-corrected chi connectivity index (χ4v) is 3.09. The Balaban J connectivity index is 0.000000287. The van der Waals surface area contributed by atoms with Crippen molar-refractivity contribution in [3.05, 3.63) is 120 Å². The van der Waals surface area contributed by atoms with Gasteiger partial charge in [-0.15, -0.1) is 0 Å². The summed E-state index contributed by atoms with van der Waals surface area (Å²) in [6, 6.07) is 34.0. The molecule has 0 amide bonds. The van der Waals surface area contributed by atoms with E-state index in [0.717, 1.165) is 29.1 Å². The lowest BCUT2D eigenvalue weighted by Gasteiger charge is -2.25. The SMILES string of the molecule is COc1ccc(N(c2ccccc2)c2ccc(C=O)cc2)cc1.Cc1ccc(C)cc1. The van der Waals surface area contributed by atoms with Crippen molar-refractivity contribution in [1.82, 2.24) is 0 Å². The average Bonchev–Trinajstić information content (AvgIpc) is 2.83. The molecule has 31 heavy (non-hydrogen) atoms. The van der Waals surface area contributed by atoms with Gasteiger partial charge in [0.2, 0.25) is 0 Å². The maximum absolute atomic E-state index is 10.9. The normalized spacial score (nSPS) is 9.90. The van der Waals surface area contributed by atoms with Gasteiger partial charge in [-0.3, -0.25) is 4.79 Å². The first kappa shape index (κ1) is 21.8. The summed E-state index contributed by atoms with van der Waals surface area (Å²) in [5.74, 6) is 0.818. The van der Waals surface area contributed by atoms with Crippen LogP contribution in [0.5, 0.6) is 5.75 Å². The molecule has 0 aromatic heterocycles. The van der Waals surface area contributed by atoms with Crippen molar-refractivity contribution < 1.29 is 9.53 Å². The second-order valence-corrected chi connectivity index (χ2v) is 7.23. The third-order valence-corrected chi connectivity index (χ3v) is 4.85. The van der Waals surface area contributed by atoms with E-state index in [4.69, 9.17) is 4.74 Å². The van der Waals surface area contributed by atoms with Crippen LogP contribution in [0.1, 0.15) is 21.5 Å². The smallest absolute Gasteiger partial charge is 0.150 e. The van der Waals surface area contributed by atoms with Crippen molar-refractivity contribution in [3.63, 3.8) is 0 Å². The molecule has 0 N–H and O–H groups in total. The third kappa shape index (κ3) is 6.06. The molecule has 0 saturated carbocycles. The van der Waals surface area contributed by atoms with Crippen LogP contribution >= 0.6 is 0 Å². The van der Waals surface area contributed by atoms with E-state index in [2.05, 4.69) is 55.1 Å². The minimum atomic E-state index is 0.663. The van der Waals surface area contributed by atoms with Crippen molar-refractivity contribution in [3.8, 4) is 5.75 Å². The summed E-state index contributed by atoms with van der Waals surface area (Å²) in [5.41, 5.74) is 6.39. The molecule has 4 aromatic rings. The summed E-state index contributed by atoms with van der Waals surface area (Å²) in [7, 11) is 1.65. The molecule has 4 rings (SSSR count). The molecular weight excluding hydrogens is 382 g/mol. The van der Waals surface area contributed by atoms with Crippen LogP contribution in [-0.2, 0) is 0 Å². The lowest BCUT2D eigenvalue weighted by atomic mass is 10.1. The van der Waals surface area contributed by atoms with Gasteiger partial charge in [0, 0.05) is 22.6 Å². The molecule has 4 aromatic carbocycles. The number of hydrogen-bond acceptors (Lipinski definition) is 3. The molecule has 0 spiro atoms. The van der Waals surface area contributed by atoms with Crippen LogP contribution in [0.4, 0.5) is 17.1 Å². The van der Waals surface area contributed by atoms with Gasteiger partial charge < -0.3 is 9.64 Å². The van der Waals surface area contributed by atoms with Crippen LogP contribution in [-0.4, -0.2) is 13.4 Å². The standard InChI is InChI=1S/C20H17NO2.C8H10/c1-23-20-13-11-19(12-14-20)21(17-5-3-2-4-6-17)18-9-7-16(15-22)8-10-18;1-7-3-5-8(2)6-4-7/h2-15H,1H3;3-6H,1-2H3. The maximum Gasteiger partial charge on any atom is 0.150 e. The van der Waals surface area contributed by atoms with E-state index < -0.39 is 0 Å². The number of benzene rings is 4. The molecule has 0 aliphatic heterocycles. The molecule has 156 valence electrons. The van der Waals surface area contributed by atoms with Crippen molar-refractivity contribution in [1.29, 1.82) is 0 Å². The fourth-order valence-electron chi connectivity index (χ4n) is 3.09. The van der Waals surface area contributed by atoms with E-state index in [-0.39, 0.29) is 0 Å². The summed E-state index contributed by atoms with van der Waals surface area (Å²) in [6.45, 7) is 4.19. The van der Waals surface area contributed by atoms with E-state index in [0.29, 0.717) is 5.56 Å². The quantitative estimate of drug-likeness (QED) is 0.324. The Kier molecular flexibility index (Phi) is 7.61. The molecule has 0 radical (unpaired) electrons. The van der Waals surface area contributed by atoms with Gasteiger partial charge in [-0.05, 0) is 74.5 Å². The number of aldehydes is 1. The van der Waals surface area contributed by atoms with Crippen LogP contribution in [0, 0.1) is 13.8 Å². The first-order chi connectivity index (χ1) is 15.1. The Morgan fingerprint density at radius 2 is 1.06 bits per heavy atom. The van der Waals surface area contributed by atoms with Gasteiger partial charge in [0.25, 0.3) is 0 Å². The Labute approximate surface area is 184 Å². The summed E-state index contributed by atoms with van der Waals surface area (Å²) in [6.07, 6.45) is 0.851. The van der Waals surface area contributed by atoms with E-state index >= 15 is 0 Å². The number of rotatable bonds is 5. The lowest BCUT2D eigenvalue weighted by Crippen LogP contribution is -2.09. The number of methoxy groups -OCH3 is 1. The summed E-state index contributed by atoms with van der Waals surface area (Å²) < 4.78 is 5.23. The second kappa shape index (κ2) is 10.8. The van der Waals surface area contributed by atoms with Crippen LogP contribution < -0.4 is 9.64 Å². The number of hydrogen-bond donors (Lipinski definition) is 0. The van der Waals surface area contributed by atoms with Gasteiger partial charge in [-0.1, -0.05) is 53.6 Å². The van der Waals surface area contributed by atoms with E-state index in [1.54, 1.807) is 7.11 Å². The molecule has 3 heteroatoms. The van der Waals surface area contributed by atoms with Gasteiger partial charge in [0.1, 0.15) is 12.0 Å². The van der Waals surface area contributed by atoms with Gasteiger partial charge in [-0.2, -0.15) is 0 Å². The molecule has 0 unspecified atom stereocenters. The highest BCUT2D eigenvalue weighted by molar-refractivity contribution is 5.80. The largest absolute Gasteiger partial charge is 0.497 e. The minimum absolute atomic E-state index is 0.663. The molecule has 0 saturated heterocycles. The zero-order valence-electron chi connectivity index (χ0n) is 18.2. The van der Waals surface area contributed by atoms with Gasteiger partial charge in [0.05, 0.1) is 7.11 Å². The van der Waals surface area contributed by atoms with E-state index in [9.17, 15) is 4.79 Å². The number of carbonyl (C=O) groups excluding carboxylic acids is 1. The van der Waals surface area contributed by atoms with Crippen molar-refractivity contribution in [2.45, 2.75) is 13.8 Å². The highest BCUT2D eigenvalue weighted by Gasteiger charge is 2.12. The predicted molar refractivity (Wildman–Crippen MR) is 129 cm³/mol. The number of aryl methyl sites for hydroxylation is 2. The molecule has 3 nitrogen and oxygen atoms in total. The Bertz CT molecular complexity index is 1050. The zero-order chi connectivity index (χ0) is 22.1. The van der Waals surface area contributed by atoms with Crippen LogP contribution in [0.25, 0.3) is 0 Å². The van der Waals surface area contributed by atoms with Gasteiger partial charge in [0.15, 0.2) is 0 Å². The Hall–Kier alpha value is -3.85. The fraction of sp³-hybridized carbons (Fsp3) is 0.107. The third-order valence-electron chi connectivity index (χ3n) is 4.85. The Morgan fingerprint density at radius 1 is 0.613 bits per heavy atom. The molecule has 0 bridgehead atoms. The highest BCUT2D eigenvalue weighted by atomic mass is 16.5. The molecular formula is C28H27NO2. The number of nitrogens with zero attached hydrogens (tertiary/aromatic N) is 1. The summed E-state index contributed by atoms with van der Waals surface area (Å²) >= 11 is 0.